The van der Waals surface area contributed by atoms with E-state index in [1.54, 1.807) is 0 Å². The van der Waals surface area contributed by atoms with Gasteiger partial charge in [-0.25, -0.2) is 17.2 Å². The van der Waals surface area contributed by atoms with Gasteiger partial charge in [-0.05, 0) is 85.5 Å². The Bertz CT molecular complexity index is 1720. The summed E-state index contributed by atoms with van der Waals surface area (Å²) in [6, 6.07) is 13.6. The Balaban J connectivity index is 1.75. The van der Waals surface area contributed by atoms with Crippen LogP contribution in [-0.2, 0) is 33.0 Å². The van der Waals surface area contributed by atoms with Gasteiger partial charge in [-0.3, -0.25) is 9.59 Å². The summed E-state index contributed by atoms with van der Waals surface area (Å²) in [7, 11) is -3.92. The third-order valence-corrected chi connectivity index (χ3v) is 11.8. The van der Waals surface area contributed by atoms with E-state index in [0.717, 1.165) is 35.7 Å². The number of hydrogen-bond acceptors (Lipinski definition) is 7. The maximum absolute atomic E-state index is 14.9. The van der Waals surface area contributed by atoms with E-state index >= 15 is 0 Å². The highest BCUT2D eigenvalue weighted by Gasteiger charge is 2.53. The van der Waals surface area contributed by atoms with Gasteiger partial charge in [-0.1, -0.05) is 63.9 Å². The van der Waals surface area contributed by atoms with Gasteiger partial charge in [0.25, 0.3) is 5.91 Å². The molecule has 50 heavy (non-hydrogen) atoms. The molecule has 0 aromatic heterocycles. The predicted octanol–water partition coefficient (Wildman–Crippen LogP) is 5.16. The molecule has 2 amide bonds. The molecule has 0 unspecified atom stereocenters. The number of hydrogen-bond donors (Lipinski definition) is 4. The number of halogens is 2. The highest BCUT2D eigenvalue weighted by Crippen LogP contribution is 2.51. The van der Waals surface area contributed by atoms with Crippen LogP contribution in [0.3, 0.4) is 0 Å². The summed E-state index contributed by atoms with van der Waals surface area (Å²) in [5.74, 6) is -3.89. The molecule has 1 fully saturated rings. The predicted molar refractivity (Wildman–Crippen MR) is 189 cm³/mol. The van der Waals surface area contributed by atoms with Crippen LogP contribution in [0.4, 0.5) is 8.78 Å². The number of phenols is 1. The molecule has 5 N–H and O–H groups in total. The van der Waals surface area contributed by atoms with Crippen molar-refractivity contribution in [3.8, 4) is 5.75 Å². The number of nitrogens with one attached hydrogen (secondary N) is 1. The van der Waals surface area contributed by atoms with Crippen LogP contribution in [0.25, 0.3) is 0 Å². The Labute approximate surface area is 293 Å². The summed E-state index contributed by atoms with van der Waals surface area (Å²) in [6.07, 6.45) is 2.27. The van der Waals surface area contributed by atoms with E-state index in [2.05, 4.69) is 5.32 Å². The van der Waals surface area contributed by atoms with Crippen LogP contribution in [0.5, 0.6) is 5.75 Å². The Morgan fingerprint density at radius 1 is 0.940 bits per heavy atom. The molecule has 0 saturated heterocycles. The molecule has 0 bridgehead atoms. The normalized spacial score (nSPS) is 15.7. The van der Waals surface area contributed by atoms with Crippen molar-refractivity contribution in [3.05, 3.63) is 101 Å². The highest BCUT2D eigenvalue weighted by atomic mass is 32.2. The van der Waals surface area contributed by atoms with Crippen LogP contribution in [0, 0.1) is 11.6 Å². The van der Waals surface area contributed by atoms with Crippen LogP contribution in [0.15, 0.2) is 66.7 Å². The first kappa shape index (κ1) is 38.9. The fourth-order valence-electron chi connectivity index (χ4n) is 6.62. The minimum atomic E-state index is -3.92. The van der Waals surface area contributed by atoms with E-state index < -0.39 is 68.0 Å². The van der Waals surface area contributed by atoms with E-state index in [1.165, 1.54) is 29.2 Å². The molecule has 9 nitrogen and oxygen atoms in total. The van der Waals surface area contributed by atoms with E-state index in [1.807, 2.05) is 45.0 Å². The Hall–Kier alpha value is -3.87. The minimum Gasteiger partial charge on any atom is -0.508 e. The van der Waals surface area contributed by atoms with Crippen molar-refractivity contribution in [2.45, 2.75) is 101 Å². The number of carbonyl (C=O) groups is 2. The molecular formula is C38H49F2N3O6S. The number of aromatic hydroxyl groups is 1. The largest absolute Gasteiger partial charge is 0.508 e. The first-order valence-electron chi connectivity index (χ1n) is 17.3. The highest BCUT2D eigenvalue weighted by molar-refractivity contribution is 7.92. The molecule has 4 rings (SSSR count). The van der Waals surface area contributed by atoms with E-state index in [0.29, 0.717) is 38.5 Å². The number of phenolic OH excluding ortho intramolecular Hbond substituents is 1. The Morgan fingerprint density at radius 2 is 1.58 bits per heavy atom. The standard InChI is InChI=1S/C38H49F2N3O6S/c1-4-9-32(10-5-2)50(48,49)24-34(42-36(46)27-12-8-14-31(44)21-27)37(47)43(38(15-16-38)28-13-7-11-25(6-3)17-28)23-35(45)33(41)20-26-18-29(39)22-30(40)19-26/h7-8,11-14,17-19,21-22,32-35,44-45H,4-6,9-10,15-16,20,23-24,41H2,1-3H3,(H,42,46)/t33-,34+,35+/m0/s1. The summed E-state index contributed by atoms with van der Waals surface area (Å²) < 4.78 is 55.8. The average molecular weight is 714 g/mol. The van der Waals surface area contributed by atoms with Gasteiger partial charge < -0.3 is 26.2 Å². The minimum absolute atomic E-state index is 0.0339. The molecular weight excluding hydrogens is 664 g/mol. The number of aliphatic hydroxyl groups excluding tert-OH is 1. The summed E-state index contributed by atoms with van der Waals surface area (Å²) in [6.45, 7) is 5.44. The maximum atomic E-state index is 14.9. The number of nitrogens with zero attached hydrogens (tertiary/aromatic N) is 1. The fraction of sp³-hybridized carbons (Fsp3) is 0.474. The molecule has 12 heteroatoms. The molecule has 1 aliphatic rings. The fourth-order valence-corrected chi connectivity index (χ4v) is 8.77. The van der Waals surface area contributed by atoms with Crippen LogP contribution >= 0.6 is 0 Å². The SMILES string of the molecule is CCCC(CCC)S(=O)(=O)C[C@@H](NC(=O)c1cccc(O)c1)C(=O)N(C[C@@H](O)[C@@H](N)Cc1cc(F)cc(F)c1)C1(c2cccc(CC)c2)CC1. The van der Waals surface area contributed by atoms with E-state index in [4.69, 9.17) is 5.73 Å². The molecule has 0 radical (unpaired) electrons. The third kappa shape index (κ3) is 9.67. The lowest BCUT2D eigenvalue weighted by molar-refractivity contribution is -0.138. The van der Waals surface area contributed by atoms with Crippen molar-refractivity contribution >= 4 is 21.7 Å². The van der Waals surface area contributed by atoms with Gasteiger partial charge in [0.05, 0.1) is 22.6 Å². The molecule has 1 aliphatic carbocycles. The molecule has 3 atom stereocenters. The summed E-state index contributed by atoms with van der Waals surface area (Å²) >= 11 is 0. The zero-order valence-corrected chi connectivity index (χ0v) is 29.8. The van der Waals surface area contributed by atoms with Crippen molar-refractivity contribution < 1.29 is 37.0 Å². The second-order valence-electron chi connectivity index (χ2n) is 13.4. The molecule has 3 aromatic carbocycles. The van der Waals surface area contributed by atoms with Crippen LogP contribution in [-0.4, -0.2) is 71.1 Å². The van der Waals surface area contributed by atoms with Crippen molar-refractivity contribution in [1.29, 1.82) is 0 Å². The van der Waals surface area contributed by atoms with E-state index in [-0.39, 0.29) is 29.8 Å². The van der Waals surface area contributed by atoms with Crippen molar-refractivity contribution in [3.63, 3.8) is 0 Å². The molecule has 0 aliphatic heterocycles. The second kappa shape index (κ2) is 16.9. The lowest BCUT2D eigenvalue weighted by Crippen LogP contribution is -2.58. The number of rotatable bonds is 18. The zero-order chi connectivity index (χ0) is 36.6. The number of sulfone groups is 1. The third-order valence-electron chi connectivity index (χ3n) is 9.48. The number of benzene rings is 3. The van der Waals surface area contributed by atoms with Crippen LogP contribution < -0.4 is 11.1 Å². The van der Waals surface area contributed by atoms with Crippen LogP contribution in [0.2, 0.25) is 0 Å². The van der Waals surface area contributed by atoms with Gasteiger partial charge in [-0.2, -0.15) is 0 Å². The van der Waals surface area contributed by atoms with Gasteiger partial charge >= 0.3 is 0 Å². The molecule has 1 saturated carbocycles. The van der Waals surface area contributed by atoms with Gasteiger partial charge in [0.1, 0.15) is 23.4 Å². The van der Waals surface area contributed by atoms with Crippen molar-refractivity contribution in [2.24, 2.45) is 5.73 Å². The Kier molecular flexibility index (Phi) is 13.2. The van der Waals surface area contributed by atoms with Crippen molar-refractivity contribution in [2.75, 3.05) is 12.3 Å². The number of nitrogens with two attached hydrogens (primary N) is 1. The van der Waals surface area contributed by atoms with Gasteiger partial charge in [0.15, 0.2) is 9.84 Å². The summed E-state index contributed by atoms with van der Waals surface area (Å²) in [5, 5.41) is 23.4. The lowest BCUT2D eigenvalue weighted by Gasteiger charge is -2.38. The number of aliphatic hydroxyl groups is 1. The van der Waals surface area contributed by atoms with Crippen LogP contribution in [0.1, 0.15) is 86.3 Å². The quantitative estimate of drug-likeness (QED) is 0.142. The lowest BCUT2D eigenvalue weighted by atomic mass is 9.96. The molecule has 272 valence electrons. The zero-order valence-electron chi connectivity index (χ0n) is 28.9. The summed E-state index contributed by atoms with van der Waals surface area (Å²) in [5.41, 5.74) is 7.54. The number of carbonyl (C=O) groups excluding carboxylic acids is 2. The number of aryl methyl sites for hydroxylation is 1. The first-order valence-corrected chi connectivity index (χ1v) is 19.1. The topological polar surface area (TPSA) is 150 Å². The van der Waals surface area contributed by atoms with Gasteiger partial charge in [0.2, 0.25) is 5.91 Å². The molecule has 0 spiro atoms. The monoisotopic (exact) mass is 713 g/mol. The van der Waals surface area contributed by atoms with Crippen molar-refractivity contribution in [1.82, 2.24) is 10.2 Å². The first-order chi connectivity index (χ1) is 23.7. The smallest absolute Gasteiger partial charge is 0.252 e. The average Bonchev–Trinajstić information content (AvgIpc) is 3.87. The van der Waals surface area contributed by atoms with E-state index in [9.17, 15) is 37.0 Å². The van der Waals surface area contributed by atoms with Gasteiger partial charge in [-0.15, -0.1) is 0 Å². The Morgan fingerprint density at radius 3 is 2.16 bits per heavy atom. The number of amides is 2. The maximum Gasteiger partial charge on any atom is 0.252 e. The molecule has 0 heterocycles. The molecule has 3 aromatic rings. The summed E-state index contributed by atoms with van der Waals surface area (Å²) in [4.78, 5) is 29.8. The second-order valence-corrected chi connectivity index (χ2v) is 15.7. The van der Waals surface area contributed by atoms with Gasteiger partial charge in [0, 0.05) is 24.2 Å².